The number of aliphatic carboxylic acids is 1. The maximum atomic E-state index is 10.7. The van der Waals surface area contributed by atoms with Gasteiger partial charge in [-0.2, -0.15) is 0 Å². The Morgan fingerprint density at radius 1 is 1.42 bits per heavy atom. The van der Waals surface area contributed by atoms with Gasteiger partial charge >= 0.3 is 5.97 Å². The third kappa shape index (κ3) is 5.65. The van der Waals surface area contributed by atoms with E-state index in [9.17, 15) is 9.59 Å². The van der Waals surface area contributed by atoms with Crippen molar-refractivity contribution in [2.45, 2.75) is 33.1 Å². The van der Waals surface area contributed by atoms with Gasteiger partial charge < -0.3 is 5.11 Å². The Hall–Kier alpha value is 0.0231. The molecule has 4 heteroatoms. The fourth-order valence-electron chi connectivity index (χ4n) is 0.909. The van der Waals surface area contributed by atoms with Crippen LogP contribution in [0.1, 0.15) is 33.1 Å². The number of unbranched alkanes of at least 4 members (excludes halogenated alkanes) is 1. The third-order valence-corrected chi connectivity index (χ3v) is 1.64. The van der Waals surface area contributed by atoms with Crippen molar-refractivity contribution in [3.8, 4) is 0 Å². The Kier molecular flexibility index (Phi) is 9.28. The second-order valence-electron chi connectivity index (χ2n) is 2.64. The molecule has 0 rings (SSSR count). The molecule has 0 radical (unpaired) electrons. The molecule has 12 heavy (non-hydrogen) atoms. The smallest absolute Gasteiger partial charge is 0.314 e. The molecule has 68 valence electrons. The van der Waals surface area contributed by atoms with Gasteiger partial charge in [0.05, 0.1) is 0 Å². The monoisotopic (exact) mass is 248 g/mol. The Balaban J connectivity index is 0. The van der Waals surface area contributed by atoms with E-state index in [1.54, 1.807) is 0 Å². The van der Waals surface area contributed by atoms with Crippen LogP contribution in [0.3, 0.4) is 0 Å². The van der Waals surface area contributed by atoms with Crippen LogP contribution in [0.4, 0.5) is 0 Å². The number of hydrogen-bond donors (Lipinski definition) is 1. The molecule has 3 nitrogen and oxygen atoms in total. The van der Waals surface area contributed by atoms with E-state index in [4.69, 9.17) is 5.11 Å². The molecule has 0 heterocycles. The summed E-state index contributed by atoms with van der Waals surface area (Å²) in [6.07, 6.45) is 2.20. The Labute approximate surface area is 91.7 Å². The molecular weight excluding hydrogens is 235 g/mol. The Bertz CT molecular complexity index is 142. The predicted octanol–water partition coefficient (Wildman–Crippen LogP) is 1.46. The standard InChI is InChI=1S/C8H14O3.Zr/c1-3-4-5-7(6(2)9)8(10)11;/h7H,3-5H2,1-2H3,(H,10,11);. The molecule has 1 N–H and O–H groups in total. The zero-order valence-corrected chi connectivity index (χ0v) is 9.92. The molecule has 1 atom stereocenters. The van der Waals surface area contributed by atoms with Gasteiger partial charge in [0.1, 0.15) is 11.7 Å². The summed E-state index contributed by atoms with van der Waals surface area (Å²) in [5.74, 6) is -2.02. The number of carbonyl (C=O) groups is 2. The van der Waals surface area contributed by atoms with E-state index in [1.807, 2.05) is 6.92 Å². The largest absolute Gasteiger partial charge is 0.481 e. The average Bonchev–Trinajstić information content (AvgIpc) is 1.87. The van der Waals surface area contributed by atoms with Gasteiger partial charge in [-0.1, -0.05) is 19.8 Å². The molecule has 1 unspecified atom stereocenters. The topological polar surface area (TPSA) is 54.4 Å². The quantitative estimate of drug-likeness (QED) is 0.751. The number of hydrogen-bond acceptors (Lipinski definition) is 2. The van der Waals surface area contributed by atoms with Gasteiger partial charge in [0.25, 0.3) is 0 Å². The van der Waals surface area contributed by atoms with E-state index in [0.717, 1.165) is 12.8 Å². The van der Waals surface area contributed by atoms with Crippen LogP contribution in [0.2, 0.25) is 0 Å². The minimum Gasteiger partial charge on any atom is -0.481 e. The Morgan fingerprint density at radius 2 is 1.92 bits per heavy atom. The zero-order chi connectivity index (χ0) is 8.85. The van der Waals surface area contributed by atoms with Crippen LogP contribution in [0.15, 0.2) is 0 Å². The molecule has 0 saturated carbocycles. The maximum Gasteiger partial charge on any atom is 0.314 e. The average molecular weight is 249 g/mol. The minimum atomic E-state index is -0.994. The first-order valence-corrected chi connectivity index (χ1v) is 3.82. The van der Waals surface area contributed by atoms with Crippen molar-refractivity contribution in [3.63, 3.8) is 0 Å². The summed E-state index contributed by atoms with van der Waals surface area (Å²) in [5, 5.41) is 8.55. The van der Waals surface area contributed by atoms with Crippen molar-refractivity contribution in [3.05, 3.63) is 0 Å². The fourth-order valence-corrected chi connectivity index (χ4v) is 0.909. The van der Waals surface area contributed by atoms with Gasteiger partial charge in [0, 0.05) is 26.2 Å². The van der Waals surface area contributed by atoms with Crippen LogP contribution in [-0.2, 0) is 35.8 Å². The molecule has 0 aromatic rings. The van der Waals surface area contributed by atoms with Crippen LogP contribution >= 0.6 is 0 Å². The van der Waals surface area contributed by atoms with Crippen molar-refractivity contribution in [2.24, 2.45) is 5.92 Å². The normalized spacial score (nSPS) is 11.5. The molecule has 0 bridgehead atoms. The molecular formula is C8H14O3Zr. The summed E-state index contributed by atoms with van der Waals surface area (Å²) in [6.45, 7) is 3.30. The van der Waals surface area contributed by atoms with Gasteiger partial charge in [-0.15, -0.1) is 0 Å². The maximum absolute atomic E-state index is 10.7. The second kappa shape index (κ2) is 7.66. The molecule has 0 aliphatic heterocycles. The predicted molar refractivity (Wildman–Crippen MR) is 41.3 cm³/mol. The van der Waals surface area contributed by atoms with Gasteiger partial charge in [0.15, 0.2) is 0 Å². The van der Waals surface area contributed by atoms with Gasteiger partial charge in [0.2, 0.25) is 0 Å². The van der Waals surface area contributed by atoms with Crippen molar-refractivity contribution in [2.75, 3.05) is 0 Å². The minimum absolute atomic E-state index is 0. The van der Waals surface area contributed by atoms with Crippen molar-refractivity contribution in [1.29, 1.82) is 0 Å². The first-order valence-electron chi connectivity index (χ1n) is 3.82. The van der Waals surface area contributed by atoms with Crippen molar-refractivity contribution < 1.29 is 40.9 Å². The molecule has 0 aromatic carbocycles. The van der Waals surface area contributed by atoms with E-state index in [1.165, 1.54) is 6.92 Å². The van der Waals surface area contributed by atoms with Gasteiger partial charge in [-0.25, -0.2) is 0 Å². The van der Waals surface area contributed by atoms with E-state index < -0.39 is 11.9 Å². The van der Waals surface area contributed by atoms with E-state index in [2.05, 4.69) is 0 Å². The number of carbonyl (C=O) groups excluding carboxylic acids is 1. The zero-order valence-electron chi connectivity index (χ0n) is 7.46. The van der Waals surface area contributed by atoms with E-state index in [-0.39, 0.29) is 32.0 Å². The molecule has 0 fully saturated rings. The first-order chi connectivity index (χ1) is 5.09. The number of carboxylic acid groups (broad SMARTS) is 1. The van der Waals surface area contributed by atoms with Gasteiger partial charge in [-0.3, -0.25) is 9.59 Å². The summed E-state index contributed by atoms with van der Waals surface area (Å²) < 4.78 is 0. The fraction of sp³-hybridized carbons (Fsp3) is 0.750. The number of ketones is 1. The van der Waals surface area contributed by atoms with Crippen LogP contribution in [-0.4, -0.2) is 16.9 Å². The van der Waals surface area contributed by atoms with E-state index in [0.29, 0.717) is 6.42 Å². The SMILES string of the molecule is CCCCC(C(C)=O)C(=O)O.[Zr]. The molecule has 0 aliphatic carbocycles. The van der Waals surface area contributed by atoms with Crippen molar-refractivity contribution >= 4 is 11.8 Å². The summed E-state index contributed by atoms with van der Waals surface area (Å²) >= 11 is 0. The second-order valence-corrected chi connectivity index (χ2v) is 2.64. The molecule has 0 spiro atoms. The molecule has 0 amide bonds. The van der Waals surface area contributed by atoms with Crippen LogP contribution in [0.5, 0.6) is 0 Å². The van der Waals surface area contributed by atoms with Gasteiger partial charge in [-0.05, 0) is 13.3 Å². The molecule has 0 aliphatic rings. The summed E-state index contributed by atoms with van der Waals surface area (Å²) in [4.78, 5) is 21.1. The number of Topliss-reactive ketones (excluding diaryl/α,β-unsaturated/α-hetero) is 1. The number of rotatable bonds is 5. The summed E-state index contributed by atoms with van der Waals surface area (Å²) in [7, 11) is 0. The third-order valence-electron chi connectivity index (χ3n) is 1.64. The molecule has 0 aromatic heterocycles. The van der Waals surface area contributed by atoms with Crippen molar-refractivity contribution in [1.82, 2.24) is 0 Å². The summed E-state index contributed by atoms with van der Waals surface area (Å²) in [5.41, 5.74) is 0. The van der Waals surface area contributed by atoms with Crippen LogP contribution < -0.4 is 0 Å². The Morgan fingerprint density at radius 3 is 2.17 bits per heavy atom. The number of carboxylic acids is 1. The van der Waals surface area contributed by atoms with Crippen LogP contribution in [0, 0.1) is 5.92 Å². The summed E-state index contributed by atoms with van der Waals surface area (Å²) in [6, 6.07) is 0. The van der Waals surface area contributed by atoms with E-state index >= 15 is 0 Å². The molecule has 0 saturated heterocycles. The van der Waals surface area contributed by atoms with Crippen LogP contribution in [0.25, 0.3) is 0 Å². The first kappa shape index (κ1) is 14.5.